The molecule has 0 aliphatic carbocycles. The number of methoxy groups -OCH3 is 1. The lowest BCUT2D eigenvalue weighted by Crippen LogP contribution is -2.18. The topological polar surface area (TPSA) is 147 Å². The highest BCUT2D eigenvalue weighted by Gasteiger charge is 2.24. The van der Waals surface area contributed by atoms with Gasteiger partial charge in [-0.2, -0.15) is 5.10 Å². The van der Waals surface area contributed by atoms with Crippen molar-refractivity contribution in [2.45, 2.75) is 26.3 Å². The van der Waals surface area contributed by atoms with E-state index in [1.807, 2.05) is 0 Å². The molecule has 0 saturated carbocycles. The number of nitrogens with zero attached hydrogens (tertiary/aromatic N) is 2. The minimum Gasteiger partial charge on any atom is -0.507 e. The van der Waals surface area contributed by atoms with Crippen LogP contribution in [0.5, 0.6) is 17.2 Å². The average Bonchev–Trinajstić information content (AvgIpc) is 3.01. The molecule has 0 atom stereocenters. The standard InChI is InChI=1S/C19H22N3O7P/c1-11(2)14-8-15(16(23)9-17(14)29-30(25,26)27)18-20-21-19(24)22(18)10-12-4-6-13(28-3)7-5-12/h4-9,11,23H,10H2,1-3H3,(H,21,24)(H2,25,26,27). The van der Waals surface area contributed by atoms with Crippen molar-refractivity contribution < 1.29 is 28.7 Å². The SMILES string of the molecule is COc1ccc(Cn2c(-c3cc(C(C)C)c(OP(=O)(O)O)cc3O)n[nH]c2=O)cc1. The van der Waals surface area contributed by atoms with E-state index < -0.39 is 13.5 Å². The average molecular weight is 435 g/mol. The van der Waals surface area contributed by atoms with Gasteiger partial charge in [0.1, 0.15) is 17.2 Å². The molecule has 1 aromatic heterocycles. The van der Waals surface area contributed by atoms with Crippen molar-refractivity contribution in [2.24, 2.45) is 0 Å². The fourth-order valence-corrected chi connectivity index (χ4v) is 3.42. The Morgan fingerprint density at radius 2 is 1.87 bits per heavy atom. The molecule has 0 aliphatic heterocycles. The number of benzene rings is 2. The Kier molecular flexibility index (Phi) is 6.02. The Bertz CT molecular complexity index is 1150. The molecule has 2 aromatic carbocycles. The van der Waals surface area contributed by atoms with Gasteiger partial charge in [-0.05, 0) is 35.2 Å². The van der Waals surface area contributed by atoms with Crippen molar-refractivity contribution >= 4 is 7.82 Å². The van der Waals surface area contributed by atoms with Crippen LogP contribution in [0.25, 0.3) is 11.4 Å². The maximum absolute atomic E-state index is 12.3. The van der Waals surface area contributed by atoms with Crippen LogP contribution < -0.4 is 15.0 Å². The van der Waals surface area contributed by atoms with Gasteiger partial charge in [0.05, 0.1) is 19.2 Å². The summed E-state index contributed by atoms with van der Waals surface area (Å²) in [6, 6.07) is 9.76. The first kappa shape index (κ1) is 21.6. The van der Waals surface area contributed by atoms with E-state index in [0.717, 1.165) is 11.6 Å². The van der Waals surface area contributed by atoms with Gasteiger partial charge in [0, 0.05) is 6.07 Å². The molecule has 0 saturated heterocycles. The maximum Gasteiger partial charge on any atom is 0.524 e. The third-order valence-electron chi connectivity index (χ3n) is 4.47. The first-order valence-electron chi connectivity index (χ1n) is 8.99. The van der Waals surface area contributed by atoms with E-state index in [1.54, 1.807) is 45.2 Å². The van der Waals surface area contributed by atoms with Gasteiger partial charge in [-0.25, -0.2) is 14.5 Å². The van der Waals surface area contributed by atoms with Crippen LogP contribution in [0.1, 0.15) is 30.9 Å². The molecule has 3 aromatic rings. The second kappa shape index (κ2) is 8.35. The molecule has 0 spiro atoms. The molecule has 0 radical (unpaired) electrons. The summed E-state index contributed by atoms with van der Waals surface area (Å²) in [4.78, 5) is 30.6. The summed E-state index contributed by atoms with van der Waals surface area (Å²) in [6.45, 7) is 3.79. The molecule has 11 heteroatoms. The Morgan fingerprint density at radius 3 is 2.43 bits per heavy atom. The molecule has 0 amide bonds. The van der Waals surface area contributed by atoms with Crippen molar-refractivity contribution in [2.75, 3.05) is 7.11 Å². The van der Waals surface area contributed by atoms with Crippen molar-refractivity contribution in [3.05, 3.63) is 58.0 Å². The molecule has 160 valence electrons. The largest absolute Gasteiger partial charge is 0.524 e. The number of phenolic OH excluding ortho intramolecular Hbond substituents is 1. The number of nitrogens with one attached hydrogen (secondary N) is 1. The molecule has 0 aliphatic rings. The van der Waals surface area contributed by atoms with Gasteiger partial charge in [0.15, 0.2) is 5.82 Å². The number of hydrogen-bond donors (Lipinski definition) is 4. The van der Waals surface area contributed by atoms with E-state index in [0.29, 0.717) is 11.3 Å². The highest BCUT2D eigenvalue weighted by Crippen LogP contribution is 2.44. The molecule has 0 bridgehead atoms. The van der Waals surface area contributed by atoms with E-state index in [4.69, 9.17) is 19.0 Å². The number of rotatable bonds is 7. The molecular weight excluding hydrogens is 413 g/mol. The summed E-state index contributed by atoms with van der Waals surface area (Å²) in [5, 5.41) is 16.9. The quantitative estimate of drug-likeness (QED) is 0.414. The fourth-order valence-electron chi connectivity index (χ4n) is 3.01. The molecule has 10 nitrogen and oxygen atoms in total. The van der Waals surface area contributed by atoms with Crippen molar-refractivity contribution in [1.82, 2.24) is 14.8 Å². The Hall–Kier alpha value is -3.07. The summed E-state index contributed by atoms with van der Waals surface area (Å²) < 4.78 is 22.5. The molecule has 0 fully saturated rings. The normalized spacial score (nSPS) is 11.7. The van der Waals surface area contributed by atoms with Crippen LogP contribution in [0.2, 0.25) is 0 Å². The summed E-state index contributed by atoms with van der Waals surface area (Å²) in [5.74, 6) is 0.194. The number of phosphoric ester groups is 1. The van der Waals surface area contributed by atoms with Gasteiger partial charge in [-0.1, -0.05) is 26.0 Å². The van der Waals surface area contributed by atoms with E-state index in [9.17, 15) is 14.5 Å². The van der Waals surface area contributed by atoms with Crippen LogP contribution in [-0.4, -0.2) is 36.8 Å². The fraction of sp³-hybridized carbons (Fsp3) is 0.263. The van der Waals surface area contributed by atoms with E-state index >= 15 is 0 Å². The Labute approximate surface area is 172 Å². The van der Waals surface area contributed by atoms with Crippen LogP contribution in [-0.2, 0) is 11.1 Å². The smallest absolute Gasteiger partial charge is 0.507 e. The van der Waals surface area contributed by atoms with Gasteiger partial charge in [0.25, 0.3) is 0 Å². The number of aromatic amines is 1. The van der Waals surface area contributed by atoms with Crippen molar-refractivity contribution in [3.8, 4) is 28.6 Å². The Balaban J connectivity index is 2.06. The summed E-state index contributed by atoms with van der Waals surface area (Å²) in [5.41, 5.74) is 1.01. The third kappa shape index (κ3) is 4.73. The lowest BCUT2D eigenvalue weighted by molar-refractivity contribution is 0.281. The molecule has 30 heavy (non-hydrogen) atoms. The van der Waals surface area contributed by atoms with Crippen LogP contribution in [0.4, 0.5) is 0 Å². The monoisotopic (exact) mass is 435 g/mol. The zero-order valence-electron chi connectivity index (χ0n) is 16.6. The van der Waals surface area contributed by atoms with E-state index in [1.165, 1.54) is 10.6 Å². The molecule has 1 heterocycles. The molecule has 4 N–H and O–H groups in total. The summed E-state index contributed by atoms with van der Waals surface area (Å²) in [7, 11) is -3.26. The lowest BCUT2D eigenvalue weighted by Gasteiger charge is -2.17. The van der Waals surface area contributed by atoms with Crippen molar-refractivity contribution in [1.29, 1.82) is 0 Å². The minimum absolute atomic E-state index is 0.140. The number of aromatic hydroxyl groups is 1. The van der Waals surface area contributed by atoms with Crippen LogP contribution in [0.3, 0.4) is 0 Å². The molecule has 0 unspecified atom stereocenters. The maximum atomic E-state index is 12.3. The predicted octanol–water partition coefficient (Wildman–Crippen LogP) is 2.60. The number of phosphoric acid groups is 1. The first-order valence-corrected chi connectivity index (χ1v) is 10.5. The zero-order valence-corrected chi connectivity index (χ0v) is 17.5. The minimum atomic E-state index is -4.82. The highest BCUT2D eigenvalue weighted by atomic mass is 31.2. The van der Waals surface area contributed by atoms with Crippen LogP contribution in [0, 0.1) is 0 Å². The number of phenols is 1. The number of hydrogen-bond acceptors (Lipinski definition) is 6. The van der Waals surface area contributed by atoms with E-state index in [-0.39, 0.29) is 35.3 Å². The van der Waals surface area contributed by atoms with Gasteiger partial charge < -0.3 is 14.4 Å². The van der Waals surface area contributed by atoms with Crippen LogP contribution in [0.15, 0.2) is 41.2 Å². The van der Waals surface area contributed by atoms with Gasteiger partial charge >= 0.3 is 13.5 Å². The van der Waals surface area contributed by atoms with E-state index in [2.05, 4.69) is 10.2 Å². The first-order chi connectivity index (χ1) is 14.1. The zero-order chi connectivity index (χ0) is 22.1. The van der Waals surface area contributed by atoms with Gasteiger partial charge in [-0.15, -0.1) is 0 Å². The molecular formula is C19H22N3O7P. The summed E-state index contributed by atoms with van der Waals surface area (Å²) >= 11 is 0. The number of H-pyrrole nitrogens is 1. The second-order valence-corrected chi connectivity index (χ2v) is 8.09. The highest BCUT2D eigenvalue weighted by molar-refractivity contribution is 7.46. The van der Waals surface area contributed by atoms with Crippen molar-refractivity contribution in [3.63, 3.8) is 0 Å². The number of aromatic nitrogens is 3. The van der Waals surface area contributed by atoms with Crippen LogP contribution >= 0.6 is 7.82 Å². The molecule has 3 rings (SSSR count). The van der Waals surface area contributed by atoms with Gasteiger partial charge in [0.2, 0.25) is 0 Å². The lowest BCUT2D eigenvalue weighted by atomic mass is 9.98. The predicted molar refractivity (Wildman–Crippen MR) is 109 cm³/mol. The number of ether oxygens (including phenoxy) is 1. The third-order valence-corrected chi connectivity index (χ3v) is 4.90. The summed E-state index contributed by atoms with van der Waals surface area (Å²) in [6.07, 6.45) is 0. The van der Waals surface area contributed by atoms with Gasteiger partial charge in [-0.3, -0.25) is 14.4 Å². The Morgan fingerprint density at radius 1 is 1.20 bits per heavy atom. The second-order valence-electron chi connectivity index (χ2n) is 6.93.